The third kappa shape index (κ3) is 8.03. The van der Waals surface area contributed by atoms with Gasteiger partial charge in [-0.3, -0.25) is 9.78 Å². The van der Waals surface area contributed by atoms with E-state index in [-0.39, 0.29) is 36.4 Å². The molecule has 5 N–H and O–H groups in total. The number of carbonyl (C=O) groups is 2. The molecule has 4 rings (SSSR count). The maximum atomic E-state index is 14.9. The minimum Gasteiger partial charge on any atom is -0.448 e. The third-order valence-electron chi connectivity index (χ3n) is 6.89. The van der Waals surface area contributed by atoms with Crippen LogP contribution in [0.1, 0.15) is 29.0 Å². The normalized spacial score (nSPS) is 17.6. The van der Waals surface area contributed by atoms with E-state index in [1.807, 2.05) is 0 Å². The number of alkyl carbamates (subject to hydrolysis) is 1. The number of ether oxygens (including phenoxy) is 2. The van der Waals surface area contributed by atoms with Gasteiger partial charge in [0.15, 0.2) is 0 Å². The van der Waals surface area contributed by atoms with Crippen LogP contribution >= 0.6 is 0 Å². The molecule has 2 aromatic carbocycles. The Morgan fingerprint density at radius 3 is 2.27 bits per heavy atom. The SMILES string of the molecule is CNC(=O)OC[C@@H]1CO[C@H](CCc2c(F)cncc2NC(=O)[C@@H](N)C(c2ccc(F)cc2)c2ccc(F)cc2)CN1. The fourth-order valence-electron chi connectivity index (χ4n) is 4.65. The van der Waals surface area contributed by atoms with Crippen LogP contribution in [-0.4, -0.2) is 62.0 Å². The van der Waals surface area contributed by atoms with Gasteiger partial charge in [0.2, 0.25) is 5.91 Å². The van der Waals surface area contributed by atoms with Gasteiger partial charge in [0.05, 0.1) is 42.9 Å². The summed E-state index contributed by atoms with van der Waals surface area (Å²) in [5, 5.41) is 8.31. The molecule has 1 aliphatic heterocycles. The van der Waals surface area contributed by atoms with Crippen molar-refractivity contribution in [1.82, 2.24) is 15.6 Å². The molecule has 41 heavy (non-hydrogen) atoms. The van der Waals surface area contributed by atoms with E-state index in [4.69, 9.17) is 15.2 Å². The number of hydrogen-bond donors (Lipinski definition) is 4. The molecular weight excluding hydrogens is 539 g/mol. The van der Waals surface area contributed by atoms with Crippen LogP contribution in [0.15, 0.2) is 60.9 Å². The number of halogens is 3. The quantitative estimate of drug-likeness (QED) is 0.294. The minimum atomic E-state index is -1.18. The summed E-state index contributed by atoms with van der Waals surface area (Å²) >= 11 is 0. The molecule has 1 fully saturated rings. The van der Waals surface area contributed by atoms with Gasteiger partial charge in [0, 0.05) is 25.1 Å². The van der Waals surface area contributed by atoms with Crippen LogP contribution in [0.2, 0.25) is 0 Å². The molecule has 0 unspecified atom stereocenters. The smallest absolute Gasteiger partial charge is 0.406 e. The maximum Gasteiger partial charge on any atom is 0.406 e. The zero-order chi connectivity index (χ0) is 29.4. The summed E-state index contributed by atoms with van der Waals surface area (Å²) in [6, 6.07) is 9.73. The second-order valence-corrected chi connectivity index (χ2v) is 9.69. The highest BCUT2D eigenvalue weighted by Gasteiger charge is 2.29. The molecule has 1 aliphatic rings. The number of anilines is 1. The number of morpholine rings is 1. The predicted octanol–water partition coefficient (Wildman–Crippen LogP) is 3.24. The van der Waals surface area contributed by atoms with Crippen molar-refractivity contribution in [2.24, 2.45) is 5.73 Å². The summed E-state index contributed by atoms with van der Waals surface area (Å²) in [5.74, 6) is -2.85. The monoisotopic (exact) mass is 571 g/mol. The Morgan fingerprint density at radius 1 is 1.07 bits per heavy atom. The fraction of sp³-hybridized carbons (Fsp3) is 0.345. The molecular formula is C29H32F3N5O4. The number of benzene rings is 2. The first-order valence-corrected chi connectivity index (χ1v) is 13.1. The molecule has 3 aromatic rings. The van der Waals surface area contributed by atoms with Crippen LogP contribution in [-0.2, 0) is 20.7 Å². The van der Waals surface area contributed by atoms with Crippen molar-refractivity contribution in [3.63, 3.8) is 0 Å². The van der Waals surface area contributed by atoms with Gasteiger partial charge in [-0.15, -0.1) is 0 Å². The number of pyridine rings is 1. The van der Waals surface area contributed by atoms with Crippen LogP contribution in [0, 0.1) is 17.5 Å². The molecule has 0 spiro atoms. The lowest BCUT2D eigenvalue weighted by atomic mass is 9.85. The van der Waals surface area contributed by atoms with Crippen LogP contribution in [0.3, 0.4) is 0 Å². The van der Waals surface area contributed by atoms with E-state index in [9.17, 15) is 22.8 Å². The summed E-state index contributed by atoms with van der Waals surface area (Å²) in [7, 11) is 1.47. The van der Waals surface area contributed by atoms with Crippen LogP contribution < -0.4 is 21.7 Å². The van der Waals surface area contributed by atoms with E-state index in [2.05, 4.69) is 20.9 Å². The van der Waals surface area contributed by atoms with Gasteiger partial charge >= 0.3 is 6.09 Å². The first-order valence-electron chi connectivity index (χ1n) is 13.1. The van der Waals surface area contributed by atoms with E-state index < -0.39 is 41.4 Å². The zero-order valence-corrected chi connectivity index (χ0v) is 22.4. The minimum absolute atomic E-state index is 0.151. The van der Waals surface area contributed by atoms with E-state index in [0.717, 1.165) is 6.20 Å². The van der Waals surface area contributed by atoms with Crippen molar-refractivity contribution in [1.29, 1.82) is 0 Å². The molecule has 0 radical (unpaired) electrons. The number of aromatic nitrogens is 1. The predicted molar refractivity (Wildman–Crippen MR) is 146 cm³/mol. The van der Waals surface area contributed by atoms with Gasteiger partial charge in [-0.1, -0.05) is 24.3 Å². The third-order valence-corrected chi connectivity index (χ3v) is 6.89. The molecule has 3 atom stereocenters. The highest BCUT2D eigenvalue weighted by atomic mass is 19.1. The van der Waals surface area contributed by atoms with Crippen molar-refractivity contribution in [2.75, 3.05) is 32.1 Å². The van der Waals surface area contributed by atoms with Crippen molar-refractivity contribution >= 4 is 17.7 Å². The van der Waals surface area contributed by atoms with Crippen molar-refractivity contribution in [3.8, 4) is 0 Å². The number of nitrogens with zero attached hydrogens (tertiary/aromatic N) is 1. The highest BCUT2D eigenvalue weighted by Crippen LogP contribution is 2.29. The van der Waals surface area contributed by atoms with E-state index >= 15 is 0 Å². The lowest BCUT2D eigenvalue weighted by Gasteiger charge is -2.30. The number of rotatable bonds is 10. The molecule has 218 valence electrons. The molecule has 0 aliphatic carbocycles. The molecule has 1 aromatic heterocycles. The number of hydrogen-bond acceptors (Lipinski definition) is 7. The molecule has 2 amide bonds. The fourth-order valence-corrected chi connectivity index (χ4v) is 4.65. The molecule has 0 saturated carbocycles. The molecule has 1 saturated heterocycles. The Labute approximate surface area is 235 Å². The second-order valence-electron chi connectivity index (χ2n) is 9.69. The average Bonchev–Trinajstić information content (AvgIpc) is 2.98. The largest absolute Gasteiger partial charge is 0.448 e. The Morgan fingerprint density at radius 2 is 1.71 bits per heavy atom. The zero-order valence-electron chi connectivity index (χ0n) is 22.4. The van der Waals surface area contributed by atoms with Gasteiger partial charge in [-0.05, 0) is 48.2 Å². The maximum absolute atomic E-state index is 14.9. The van der Waals surface area contributed by atoms with Gasteiger partial charge in [0.1, 0.15) is 24.1 Å². The molecule has 2 heterocycles. The van der Waals surface area contributed by atoms with Crippen LogP contribution in [0.25, 0.3) is 0 Å². The van der Waals surface area contributed by atoms with Crippen molar-refractivity contribution in [2.45, 2.75) is 36.9 Å². The highest BCUT2D eigenvalue weighted by molar-refractivity contribution is 5.96. The van der Waals surface area contributed by atoms with Crippen molar-refractivity contribution < 1.29 is 32.2 Å². The van der Waals surface area contributed by atoms with Crippen LogP contribution in [0.5, 0.6) is 0 Å². The van der Waals surface area contributed by atoms with E-state index in [1.165, 1.54) is 61.8 Å². The standard InChI is InChI=1S/C29H32F3N5O4/c1-34-29(39)41-16-21-15-40-22(12-36-21)10-11-23-24(32)13-35-14-25(23)37-28(38)27(33)26(17-2-6-19(30)7-3-17)18-4-8-20(31)9-5-18/h2-9,13-14,21-22,26-27,36H,10-12,15-16,33H2,1H3,(H,34,39)(H,37,38)/t21-,22+,27-/m0/s1. The Bertz CT molecular complexity index is 1270. The second kappa shape index (κ2) is 14.1. The number of nitrogens with one attached hydrogen (secondary N) is 3. The molecule has 0 bridgehead atoms. The van der Waals surface area contributed by atoms with Gasteiger partial charge < -0.3 is 31.2 Å². The van der Waals surface area contributed by atoms with E-state index in [0.29, 0.717) is 30.7 Å². The Balaban J connectivity index is 1.43. The number of nitrogens with two attached hydrogens (primary N) is 1. The van der Waals surface area contributed by atoms with Gasteiger partial charge in [-0.2, -0.15) is 0 Å². The van der Waals surface area contributed by atoms with Crippen molar-refractivity contribution in [3.05, 3.63) is 95.1 Å². The number of carbonyl (C=O) groups excluding carboxylic acids is 2. The van der Waals surface area contributed by atoms with Gasteiger partial charge in [0.25, 0.3) is 0 Å². The summed E-state index contributed by atoms with van der Waals surface area (Å²) in [4.78, 5) is 28.5. The lowest BCUT2D eigenvalue weighted by Crippen LogP contribution is -2.49. The van der Waals surface area contributed by atoms with E-state index in [1.54, 1.807) is 0 Å². The molecule has 9 nitrogen and oxygen atoms in total. The van der Waals surface area contributed by atoms with Gasteiger partial charge in [-0.25, -0.2) is 18.0 Å². The summed E-state index contributed by atoms with van der Waals surface area (Å²) in [6.07, 6.45) is 2.34. The average molecular weight is 572 g/mol. The van der Waals surface area contributed by atoms with Crippen LogP contribution in [0.4, 0.5) is 23.7 Å². The first-order chi connectivity index (χ1) is 19.7. The summed E-state index contributed by atoms with van der Waals surface area (Å²) < 4.78 is 53.0. The Kier molecular flexibility index (Phi) is 10.3. The molecule has 12 heteroatoms. The summed E-state index contributed by atoms with van der Waals surface area (Å²) in [6.45, 7) is 0.934. The number of amides is 2. The first kappa shape index (κ1) is 30.0. The lowest BCUT2D eigenvalue weighted by molar-refractivity contribution is -0.117. The Hall–Kier alpha value is -4.00. The summed E-state index contributed by atoms with van der Waals surface area (Å²) in [5.41, 5.74) is 7.94. The topological polar surface area (TPSA) is 128 Å².